The van der Waals surface area contributed by atoms with Gasteiger partial charge in [0.2, 0.25) is 5.91 Å². The topological polar surface area (TPSA) is 75.4 Å². The third kappa shape index (κ3) is 4.72. The first-order valence-electron chi connectivity index (χ1n) is 10.8. The number of carboxylic acid groups (broad SMARTS) is 1. The number of carbonyl (C=O) groups is 2. The summed E-state index contributed by atoms with van der Waals surface area (Å²) in [5.41, 5.74) is 1.62. The molecule has 9 heteroatoms. The molecule has 1 N–H and O–H groups in total. The molecule has 0 atom stereocenters. The van der Waals surface area contributed by atoms with E-state index in [1.54, 1.807) is 41.6 Å². The summed E-state index contributed by atoms with van der Waals surface area (Å²) in [4.78, 5) is 30.2. The van der Waals surface area contributed by atoms with Crippen molar-refractivity contribution in [2.45, 2.75) is 45.8 Å². The van der Waals surface area contributed by atoms with Crippen LogP contribution in [-0.4, -0.2) is 38.0 Å². The first-order chi connectivity index (χ1) is 15.6. The lowest BCUT2D eigenvalue weighted by Crippen LogP contribution is -2.32. The van der Waals surface area contributed by atoms with Crippen molar-refractivity contribution in [3.63, 3.8) is 0 Å². The van der Waals surface area contributed by atoms with Gasteiger partial charge in [-0.05, 0) is 68.1 Å². The van der Waals surface area contributed by atoms with Crippen LogP contribution in [0.5, 0.6) is 0 Å². The highest BCUT2D eigenvalue weighted by molar-refractivity contribution is 5.87. The molecule has 0 radical (unpaired) electrons. The zero-order chi connectivity index (χ0) is 23.9. The van der Waals surface area contributed by atoms with E-state index in [1.165, 1.54) is 6.07 Å². The van der Waals surface area contributed by atoms with Gasteiger partial charge in [-0.1, -0.05) is 0 Å². The lowest BCUT2D eigenvalue weighted by Gasteiger charge is -2.24. The summed E-state index contributed by atoms with van der Waals surface area (Å²) in [6.45, 7) is 3.98. The van der Waals surface area contributed by atoms with Gasteiger partial charge in [0.1, 0.15) is 5.65 Å². The van der Waals surface area contributed by atoms with E-state index in [1.807, 2.05) is 0 Å². The lowest BCUT2D eigenvalue weighted by atomic mass is 10.1. The van der Waals surface area contributed by atoms with Crippen LogP contribution in [0.3, 0.4) is 0 Å². The van der Waals surface area contributed by atoms with Crippen molar-refractivity contribution in [2.75, 3.05) is 6.54 Å². The molecule has 174 valence electrons. The molecule has 0 unspecified atom stereocenters. The average Bonchev–Trinajstić information content (AvgIpc) is 3.54. The molecule has 0 aliphatic heterocycles. The second kappa shape index (κ2) is 8.53. The van der Waals surface area contributed by atoms with Gasteiger partial charge in [0, 0.05) is 36.3 Å². The van der Waals surface area contributed by atoms with Crippen molar-refractivity contribution in [3.05, 3.63) is 58.9 Å². The number of carboxylic acids is 1. The van der Waals surface area contributed by atoms with Crippen molar-refractivity contribution < 1.29 is 27.9 Å². The van der Waals surface area contributed by atoms with Gasteiger partial charge in [-0.3, -0.25) is 9.59 Å². The van der Waals surface area contributed by atoms with Gasteiger partial charge in [0.25, 0.3) is 0 Å². The molecule has 1 fully saturated rings. The molecule has 1 aliphatic rings. The molecular weight excluding hydrogens is 435 g/mol. The second-order valence-corrected chi connectivity index (χ2v) is 8.39. The number of aryl methyl sites for hydroxylation is 1. The number of halogens is 3. The minimum atomic E-state index is -4.53. The van der Waals surface area contributed by atoms with Crippen LogP contribution in [0.25, 0.3) is 16.7 Å². The van der Waals surface area contributed by atoms with Crippen molar-refractivity contribution in [3.8, 4) is 5.69 Å². The van der Waals surface area contributed by atoms with Gasteiger partial charge >= 0.3 is 12.1 Å². The minimum Gasteiger partial charge on any atom is -0.481 e. The maximum absolute atomic E-state index is 13.5. The Kier molecular flexibility index (Phi) is 5.90. The Balaban J connectivity index is 1.88. The van der Waals surface area contributed by atoms with E-state index in [2.05, 4.69) is 4.98 Å². The van der Waals surface area contributed by atoms with E-state index in [9.17, 15) is 27.9 Å². The molecule has 1 aliphatic carbocycles. The van der Waals surface area contributed by atoms with Gasteiger partial charge < -0.3 is 14.6 Å². The fourth-order valence-corrected chi connectivity index (χ4v) is 4.01. The molecule has 2 aromatic heterocycles. The maximum Gasteiger partial charge on any atom is 0.416 e. The molecule has 0 bridgehead atoms. The summed E-state index contributed by atoms with van der Waals surface area (Å²) >= 11 is 0. The quantitative estimate of drug-likeness (QED) is 0.554. The predicted octanol–water partition coefficient (Wildman–Crippen LogP) is 4.74. The Labute approximate surface area is 188 Å². The Hall–Kier alpha value is -3.36. The van der Waals surface area contributed by atoms with Crippen LogP contribution in [-0.2, 0) is 28.7 Å². The number of benzene rings is 1. The lowest BCUT2D eigenvalue weighted by molar-refractivity contribution is -0.138. The van der Waals surface area contributed by atoms with Gasteiger partial charge in [-0.15, -0.1) is 0 Å². The van der Waals surface area contributed by atoms with Crippen LogP contribution < -0.4 is 0 Å². The van der Waals surface area contributed by atoms with Gasteiger partial charge in [0.15, 0.2) is 0 Å². The van der Waals surface area contributed by atoms with Gasteiger partial charge in [-0.2, -0.15) is 13.2 Å². The van der Waals surface area contributed by atoms with Gasteiger partial charge in [-0.25, -0.2) is 4.98 Å². The van der Waals surface area contributed by atoms with E-state index in [4.69, 9.17) is 0 Å². The molecule has 2 heterocycles. The van der Waals surface area contributed by atoms with E-state index in [-0.39, 0.29) is 24.8 Å². The molecule has 1 saturated carbocycles. The summed E-state index contributed by atoms with van der Waals surface area (Å²) in [7, 11) is 0. The molecule has 3 aromatic rings. The zero-order valence-corrected chi connectivity index (χ0v) is 18.3. The van der Waals surface area contributed by atoms with E-state index in [0.29, 0.717) is 40.1 Å². The number of aromatic nitrogens is 2. The number of aliphatic carboxylic acids is 1. The highest BCUT2D eigenvalue weighted by atomic mass is 19.4. The van der Waals surface area contributed by atoms with E-state index >= 15 is 0 Å². The SMILES string of the molecule is CCN(Cc1cc(C(F)(F)F)ccc1-n1cc(CC(=O)O)c2ccc(C)nc21)C(=O)C1CC1. The molecule has 4 rings (SSSR count). The Morgan fingerprint density at radius 1 is 1.18 bits per heavy atom. The van der Waals surface area contributed by atoms with Crippen LogP contribution in [0, 0.1) is 12.8 Å². The predicted molar refractivity (Wildman–Crippen MR) is 116 cm³/mol. The monoisotopic (exact) mass is 459 g/mol. The Morgan fingerprint density at radius 2 is 1.91 bits per heavy atom. The third-order valence-corrected chi connectivity index (χ3v) is 5.86. The second-order valence-electron chi connectivity index (χ2n) is 8.39. The van der Waals surface area contributed by atoms with Crippen LogP contribution >= 0.6 is 0 Å². The normalized spacial score (nSPS) is 14.0. The average molecular weight is 459 g/mol. The zero-order valence-electron chi connectivity index (χ0n) is 18.3. The maximum atomic E-state index is 13.5. The third-order valence-electron chi connectivity index (χ3n) is 5.86. The van der Waals surface area contributed by atoms with Crippen LogP contribution in [0.4, 0.5) is 13.2 Å². The number of pyridine rings is 1. The summed E-state index contributed by atoms with van der Waals surface area (Å²) < 4.78 is 42.2. The molecule has 6 nitrogen and oxygen atoms in total. The van der Waals surface area contributed by atoms with Crippen LogP contribution in [0.1, 0.15) is 42.1 Å². The number of hydrogen-bond donors (Lipinski definition) is 1. The summed E-state index contributed by atoms with van der Waals surface area (Å²) in [5, 5.41) is 9.93. The fraction of sp³-hybridized carbons (Fsp3) is 0.375. The van der Waals surface area contributed by atoms with Crippen molar-refractivity contribution >= 4 is 22.9 Å². The van der Waals surface area contributed by atoms with E-state index in [0.717, 1.165) is 25.0 Å². The summed E-state index contributed by atoms with van der Waals surface area (Å²) in [6.07, 6.45) is -1.57. The number of fused-ring (bicyclic) bond motifs is 1. The molecule has 1 amide bonds. The minimum absolute atomic E-state index is 0.0187. The molecule has 1 aromatic carbocycles. The number of nitrogens with zero attached hydrogens (tertiary/aromatic N) is 3. The highest BCUT2D eigenvalue weighted by Crippen LogP contribution is 2.35. The highest BCUT2D eigenvalue weighted by Gasteiger charge is 2.34. The van der Waals surface area contributed by atoms with Crippen molar-refractivity contribution in [2.24, 2.45) is 5.92 Å². The number of alkyl halides is 3. The fourth-order valence-electron chi connectivity index (χ4n) is 4.01. The molecular formula is C24H24F3N3O3. The Morgan fingerprint density at radius 3 is 2.52 bits per heavy atom. The standard InChI is InChI=1S/C24H24F3N3O3/c1-3-29(23(33)15-5-6-15)12-17-10-18(24(25,26)27)7-9-20(17)30-13-16(11-21(31)32)19-8-4-14(2)28-22(19)30/h4,7-10,13,15H,3,5-6,11-12H2,1-2H3,(H,31,32). The first kappa shape index (κ1) is 22.8. The Bertz CT molecular complexity index is 1230. The first-order valence-corrected chi connectivity index (χ1v) is 10.8. The number of amides is 1. The van der Waals surface area contributed by atoms with Gasteiger partial charge in [0.05, 0.1) is 17.7 Å². The van der Waals surface area contributed by atoms with Crippen LogP contribution in [0.2, 0.25) is 0 Å². The van der Waals surface area contributed by atoms with E-state index < -0.39 is 17.7 Å². The summed E-state index contributed by atoms with van der Waals surface area (Å²) in [6, 6.07) is 6.96. The molecule has 33 heavy (non-hydrogen) atoms. The number of rotatable bonds is 7. The largest absolute Gasteiger partial charge is 0.481 e. The van der Waals surface area contributed by atoms with Crippen LogP contribution in [0.15, 0.2) is 36.5 Å². The smallest absolute Gasteiger partial charge is 0.416 e. The van der Waals surface area contributed by atoms with Crippen molar-refractivity contribution in [1.29, 1.82) is 0 Å². The summed E-state index contributed by atoms with van der Waals surface area (Å²) in [5.74, 6) is -1.13. The molecule has 0 spiro atoms. The molecule has 0 saturated heterocycles. The number of carbonyl (C=O) groups excluding carboxylic acids is 1. The number of hydrogen-bond acceptors (Lipinski definition) is 3. The van der Waals surface area contributed by atoms with Crippen molar-refractivity contribution in [1.82, 2.24) is 14.5 Å².